The van der Waals surface area contributed by atoms with Crippen molar-refractivity contribution in [2.75, 3.05) is 53.6 Å². The number of methoxy groups -OCH3 is 2. The molecule has 1 aromatic carbocycles. The van der Waals surface area contributed by atoms with E-state index in [-0.39, 0.29) is 24.6 Å². The summed E-state index contributed by atoms with van der Waals surface area (Å²) in [5.41, 5.74) is 1.03. The van der Waals surface area contributed by atoms with Gasteiger partial charge < -0.3 is 14.2 Å². The minimum atomic E-state index is -0.122. The van der Waals surface area contributed by atoms with Crippen LogP contribution in [0.1, 0.15) is 30.3 Å². The molecule has 2 aliphatic rings. The Morgan fingerprint density at radius 2 is 2.03 bits per heavy atom. The Bertz CT molecular complexity index is 865. The van der Waals surface area contributed by atoms with Gasteiger partial charge >= 0.3 is 0 Å². The third-order valence-corrected chi connectivity index (χ3v) is 6.10. The van der Waals surface area contributed by atoms with Crippen LogP contribution in [0, 0.1) is 0 Å². The van der Waals surface area contributed by atoms with E-state index in [1.807, 2.05) is 22.9 Å². The third-order valence-electron chi connectivity index (χ3n) is 6.10. The fraction of sp³-hybridized carbons (Fsp3) is 0.591. The summed E-state index contributed by atoms with van der Waals surface area (Å²) < 4.78 is 18.9. The standard InChI is InChI=1S/C22H32N6O3.ClH/c1-4-9-26-10-12-27(13-11-26)21(19-8-7-17(29-2)15-20(19)30-3)22-23-24-25-28(22)16-18-6-5-14-31-18;/h4,7-8,15,18,21H,1,5-6,9-14,16H2,2-3H3;1H. The van der Waals surface area contributed by atoms with Gasteiger partial charge in [0.2, 0.25) is 0 Å². The largest absolute Gasteiger partial charge is 0.497 e. The van der Waals surface area contributed by atoms with E-state index in [1.165, 1.54) is 0 Å². The van der Waals surface area contributed by atoms with E-state index in [4.69, 9.17) is 14.2 Å². The van der Waals surface area contributed by atoms with Crippen LogP contribution < -0.4 is 9.47 Å². The van der Waals surface area contributed by atoms with Gasteiger partial charge in [0, 0.05) is 51.0 Å². The van der Waals surface area contributed by atoms with E-state index >= 15 is 0 Å². The van der Waals surface area contributed by atoms with Crippen LogP contribution in [0.2, 0.25) is 0 Å². The van der Waals surface area contributed by atoms with E-state index in [0.717, 1.165) is 75.1 Å². The summed E-state index contributed by atoms with van der Waals surface area (Å²) in [5.74, 6) is 2.34. The Morgan fingerprint density at radius 3 is 2.69 bits per heavy atom. The number of aromatic nitrogens is 4. The molecule has 2 aliphatic heterocycles. The Hall–Kier alpha value is -2.20. The van der Waals surface area contributed by atoms with Crippen molar-refractivity contribution < 1.29 is 14.2 Å². The second-order valence-corrected chi connectivity index (χ2v) is 7.99. The number of rotatable bonds is 9. The highest BCUT2D eigenvalue weighted by Gasteiger charge is 2.33. The molecule has 10 heteroatoms. The maximum atomic E-state index is 5.84. The fourth-order valence-corrected chi connectivity index (χ4v) is 4.45. The second kappa shape index (κ2) is 11.6. The Kier molecular flexibility index (Phi) is 8.86. The van der Waals surface area contributed by atoms with Crippen molar-refractivity contribution in [3.63, 3.8) is 0 Å². The first-order chi connectivity index (χ1) is 15.2. The van der Waals surface area contributed by atoms with Crippen LogP contribution in [0.5, 0.6) is 11.5 Å². The maximum absolute atomic E-state index is 5.84. The molecule has 2 unspecified atom stereocenters. The average Bonchev–Trinajstić information content (AvgIpc) is 3.48. The van der Waals surface area contributed by atoms with Crippen molar-refractivity contribution in [2.45, 2.75) is 31.5 Å². The lowest BCUT2D eigenvalue weighted by Gasteiger charge is -2.39. The van der Waals surface area contributed by atoms with E-state index < -0.39 is 0 Å². The van der Waals surface area contributed by atoms with Crippen molar-refractivity contribution in [3.05, 3.63) is 42.2 Å². The summed E-state index contributed by atoms with van der Waals surface area (Å²) in [7, 11) is 3.35. The fourth-order valence-electron chi connectivity index (χ4n) is 4.45. The molecule has 0 saturated carbocycles. The molecule has 0 aliphatic carbocycles. The minimum absolute atomic E-state index is 0. The summed E-state index contributed by atoms with van der Waals surface area (Å²) in [6.07, 6.45) is 4.24. The molecule has 0 bridgehead atoms. The number of benzene rings is 1. The van der Waals surface area contributed by atoms with Gasteiger partial charge in [0.25, 0.3) is 0 Å². The highest BCUT2D eigenvalue weighted by Crippen LogP contribution is 2.36. The van der Waals surface area contributed by atoms with Crippen LogP contribution in [0.3, 0.4) is 0 Å². The zero-order valence-electron chi connectivity index (χ0n) is 18.9. The van der Waals surface area contributed by atoms with Gasteiger partial charge in [0.05, 0.1) is 26.9 Å². The van der Waals surface area contributed by atoms with Crippen LogP contribution >= 0.6 is 12.4 Å². The molecule has 0 spiro atoms. The molecule has 9 nitrogen and oxygen atoms in total. The number of ether oxygens (including phenoxy) is 3. The maximum Gasteiger partial charge on any atom is 0.173 e. The Morgan fingerprint density at radius 1 is 1.22 bits per heavy atom. The smallest absolute Gasteiger partial charge is 0.173 e. The topological polar surface area (TPSA) is 77.8 Å². The van der Waals surface area contributed by atoms with Crippen LogP contribution in [-0.2, 0) is 11.3 Å². The first-order valence-electron chi connectivity index (χ1n) is 10.9. The summed E-state index contributed by atoms with van der Waals surface area (Å²) in [6.45, 7) is 9.98. The third kappa shape index (κ3) is 5.40. The summed E-state index contributed by atoms with van der Waals surface area (Å²) in [6, 6.07) is 5.82. The average molecular weight is 465 g/mol. The molecule has 0 N–H and O–H groups in total. The van der Waals surface area contributed by atoms with Gasteiger partial charge in [-0.1, -0.05) is 6.08 Å². The Labute approximate surface area is 195 Å². The first-order valence-corrected chi connectivity index (χ1v) is 10.9. The molecule has 0 radical (unpaired) electrons. The number of nitrogens with zero attached hydrogens (tertiary/aromatic N) is 6. The lowest BCUT2D eigenvalue weighted by Crippen LogP contribution is -2.48. The van der Waals surface area contributed by atoms with Crippen LogP contribution in [0.4, 0.5) is 0 Å². The molecule has 1 aromatic heterocycles. The van der Waals surface area contributed by atoms with Gasteiger partial charge in [-0.25, -0.2) is 4.68 Å². The molecule has 0 amide bonds. The van der Waals surface area contributed by atoms with Crippen molar-refractivity contribution in [2.24, 2.45) is 0 Å². The molecule has 2 atom stereocenters. The van der Waals surface area contributed by atoms with E-state index in [2.05, 4.69) is 38.0 Å². The van der Waals surface area contributed by atoms with E-state index in [0.29, 0.717) is 6.54 Å². The van der Waals surface area contributed by atoms with E-state index in [9.17, 15) is 0 Å². The van der Waals surface area contributed by atoms with Crippen molar-refractivity contribution >= 4 is 12.4 Å². The predicted molar refractivity (Wildman–Crippen MR) is 124 cm³/mol. The summed E-state index contributed by atoms with van der Waals surface area (Å²) >= 11 is 0. The lowest BCUT2D eigenvalue weighted by atomic mass is 10.0. The van der Waals surface area contributed by atoms with Gasteiger partial charge in [-0.05, 0) is 35.4 Å². The molecule has 176 valence electrons. The number of tetrazole rings is 1. The van der Waals surface area contributed by atoms with Crippen LogP contribution in [0.25, 0.3) is 0 Å². The van der Waals surface area contributed by atoms with Crippen molar-refractivity contribution in [1.82, 2.24) is 30.0 Å². The molecule has 32 heavy (non-hydrogen) atoms. The number of piperazine rings is 1. The quantitative estimate of drug-likeness (QED) is 0.522. The molecule has 4 rings (SSSR count). The van der Waals surface area contributed by atoms with E-state index in [1.54, 1.807) is 14.2 Å². The van der Waals surface area contributed by atoms with Gasteiger partial charge in [0.1, 0.15) is 17.5 Å². The Balaban J connectivity index is 0.00000289. The second-order valence-electron chi connectivity index (χ2n) is 7.99. The molecule has 3 heterocycles. The highest BCUT2D eigenvalue weighted by molar-refractivity contribution is 5.85. The van der Waals surface area contributed by atoms with Gasteiger partial charge in [-0.15, -0.1) is 24.1 Å². The first kappa shape index (κ1) is 24.4. The molecule has 2 aromatic rings. The van der Waals surface area contributed by atoms with Crippen LogP contribution in [-0.4, -0.2) is 89.7 Å². The monoisotopic (exact) mass is 464 g/mol. The van der Waals surface area contributed by atoms with Crippen molar-refractivity contribution in [3.8, 4) is 11.5 Å². The number of hydrogen-bond donors (Lipinski definition) is 0. The predicted octanol–water partition coefficient (Wildman–Crippen LogP) is 2.18. The molecule has 2 saturated heterocycles. The molecular formula is C22H33ClN6O3. The zero-order valence-corrected chi connectivity index (χ0v) is 19.7. The van der Waals surface area contributed by atoms with Gasteiger partial charge in [0.15, 0.2) is 5.82 Å². The van der Waals surface area contributed by atoms with Gasteiger partial charge in [-0.3, -0.25) is 9.80 Å². The minimum Gasteiger partial charge on any atom is -0.497 e. The normalized spacial score (nSPS) is 20.5. The zero-order chi connectivity index (χ0) is 21.6. The number of halogens is 1. The summed E-state index contributed by atoms with van der Waals surface area (Å²) in [4.78, 5) is 4.84. The molecular weight excluding hydrogens is 432 g/mol. The van der Waals surface area contributed by atoms with Crippen molar-refractivity contribution in [1.29, 1.82) is 0 Å². The highest BCUT2D eigenvalue weighted by atomic mass is 35.5. The van der Waals surface area contributed by atoms with Gasteiger partial charge in [-0.2, -0.15) is 0 Å². The SMILES string of the molecule is C=CCN1CCN(C(c2ccc(OC)cc2OC)c2nnnn2CC2CCCO2)CC1.Cl. The van der Waals surface area contributed by atoms with Crippen LogP contribution in [0.15, 0.2) is 30.9 Å². The number of hydrogen-bond acceptors (Lipinski definition) is 8. The lowest BCUT2D eigenvalue weighted by molar-refractivity contribution is 0.0865. The molecule has 2 fully saturated rings. The summed E-state index contributed by atoms with van der Waals surface area (Å²) in [5, 5.41) is 12.8.